The van der Waals surface area contributed by atoms with Gasteiger partial charge in [-0.3, -0.25) is 5.01 Å². The van der Waals surface area contributed by atoms with Gasteiger partial charge in [-0.1, -0.05) is 29.3 Å². The van der Waals surface area contributed by atoms with Gasteiger partial charge in [-0.25, -0.2) is 0 Å². The fourth-order valence-electron chi connectivity index (χ4n) is 1.77. The molecule has 0 atom stereocenters. The molecular weight excluding hydrogens is 252 g/mol. The van der Waals surface area contributed by atoms with Crippen LogP contribution in [-0.2, 0) is 0 Å². The molecule has 15 heavy (non-hydrogen) atoms. The van der Waals surface area contributed by atoms with Gasteiger partial charge in [0.05, 0.1) is 5.69 Å². The lowest BCUT2D eigenvalue weighted by molar-refractivity contribution is 0.921. The van der Waals surface area contributed by atoms with Crippen LogP contribution in [0.1, 0.15) is 26.2 Å². The topological polar surface area (TPSA) is 15.6 Å². The smallest absolute Gasteiger partial charge is 0.0594 e. The summed E-state index contributed by atoms with van der Waals surface area (Å²) < 4.78 is 1.11. The zero-order valence-corrected chi connectivity index (χ0v) is 10.5. The number of hydrazone groups is 1. The molecule has 80 valence electrons. The van der Waals surface area contributed by atoms with Crippen LogP contribution >= 0.6 is 15.9 Å². The third-order valence-electron chi connectivity index (χ3n) is 2.54. The van der Waals surface area contributed by atoms with Crippen molar-refractivity contribution in [1.82, 2.24) is 0 Å². The predicted octanol–water partition coefficient (Wildman–Crippen LogP) is 3.82. The molecule has 0 radical (unpaired) electrons. The first-order chi connectivity index (χ1) is 7.29. The standard InChI is InChI=1S/C12H15BrN2/c1-2-3-11-8-9-15(14-11)12-6-4-10(13)5-7-12/h4-7H,2-3,8-9H2,1H3. The van der Waals surface area contributed by atoms with Gasteiger partial charge < -0.3 is 0 Å². The molecule has 1 heterocycles. The van der Waals surface area contributed by atoms with Gasteiger partial charge in [-0.15, -0.1) is 0 Å². The molecule has 0 bridgehead atoms. The summed E-state index contributed by atoms with van der Waals surface area (Å²) >= 11 is 3.44. The highest BCUT2D eigenvalue weighted by molar-refractivity contribution is 9.10. The second-order valence-corrected chi connectivity index (χ2v) is 4.68. The molecule has 0 saturated carbocycles. The molecule has 0 fully saturated rings. The van der Waals surface area contributed by atoms with Gasteiger partial charge in [-0.05, 0) is 30.7 Å². The van der Waals surface area contributed by atoms with Crippen molar-refractivity contribution in [3.05, 3.63) is 28.7 Å². The number of benzene rings is 1. The largest absolute Gasteiger partial charge is 0.265 e. The Morgan fingerprint density at radius 2 is 2.07 bits per heavy atom. The first-order valence-electron chi connectivity index (χ1n) is 5.39. The zero-order chi connectivity index (χ0) is 10.7. The van der Waals surface area contributed by atoms with Gasteiger partial charge in [0.15, 0.2) is 0 Å². The van der Waals surface area contributed by atoms with E-state index >= 15 is 0 Å². The molecule has 1 aliphatic rings. The van der Waals surface area contributed by atoms with Crippen LogP contribution in [0.25, 0.3) is 0 Å². The fraction of sp³-hybridized carbons (Fsp3) is 0.417. The molecule has 0 unspecified atom stereocenters. The monoisotopic (exact) mass is 266 g/mol. The normalized spacial score (nSPS) is 15.6. The van der Waals surface area contributed by atoms with Gasteiger partial charge in [0.1, 0.15) is 0 Å². The van der Waals surface area contributed by atoms with E-state index in [-0.39, 0.29) is 0 Å². The molecule has 0 spiro atoms. The third-order valence-corrected chi connectivity index (χ3v) is 3.07. The Balaban J connectivity index is 2.10. The van der Waals surface area contributed by atoms with E-state index < -0.39 is 0 Å². The van der Waals surface area contributed by atoms with Crippen molar-refractivity contribution in [2.45, 2.75) is 26.2 Å². The van der Waals surface area contributed by atoms with E-state index in [4.69, 9.17) is 0 Å². The lowest BCUT2D eigenvalue weighted by Crippen LogP contribution is -2.11. The summed E-state index contributed by atoms with van der Waals surface area (Å²) in [6, 6.07) is 8.32. The number of nitrogens with zero attached hydrogens (tertiary/aromatic N) is 2. The minimum atomic E-state index is 1.02. The third kappa shape index (κ3) is 2.59. The van der Waals surface area contributed by atoms with Crippen LogP contribution in [0.4, 0.5) is 5.69 Å². The number of hydrogen-bond acceptors (Lipinski definition) is 2. The van der Waals surface area contributed by atoms with Crippen LogP contribution in [0.3, 0.4) is 0 Å². The Morgan fingerprint density at radius 1 is 1.33 bits per heavy atom. The van der Waals surface area contributed by atoms with E-state index in [0.29, 0.717) is 0 Å². The van der Waals surface area contributed by atoms with E-state index in [2.05, 4.69) is 57.2 Å². The van der Waals surface area contributed by atoms with Crippen LogP contribution in [0, 0.1) is 0 Å². The molecule has 0 aliphatic carbocycles. The Morgan fingerprint density at radius 3 is 2.73 bits per heavy atom. The molecule has 0 aromatic heterocycles. The molecule has 1 aromatic rings. The lowest BCUT2D eigenvalue weighted by Gasteiger charge is -2.13. The highest BCUT2D eigenvalue weighted by Crippen LogP contribution is 2.22. The number of rotatable bonds is 3. The van der Waals surface area contributed by atoms with Gasteiger partial charge in [-0.2, -0.15) is 5.10 Å². The van der Waals surface area contributed by atoms with E-state index in [9.17, 15) is 0 Å². The van der Waals surface area contributed by atoms with Gasteiger partial charge >= 0.3 is 0 Å². The van der Waals surface area contributed by atoms with Crippen molar-refractivity contribution in [1.29, 1.82) is 0 Å². The number of hydrogen-bond donors (Lipinski definition) is 0. The minimum absolute atomic E-state index is 1.02. The van der Waals surface area contributed by atoms with Crippen LogP contribution in [-0.4, -0.2) is 12.3 Å². The zero-order valence-electron chi connectivity index (χ0n) is 8.91. The first kappa shape index (κ1) is 10.7. The van der Waals surface area contributed by atoms with Gasteiger partial charge in [0.2, 0.25) is 0 Å². The maximum absolute atomic E-state index is 4.61. The van der Waals surface area contributed by atoms with Crippen LogP contribution < -0.4 is 5.01 Å². The van der Waals surface area contributed by atoms with Crippen LogP contribution in [0.2, 0.25) is 0 Å². The van der Waals surface area contributed by atoms with E-state index in [0.717, 1.165) is 23.9 Å². The SMILES string of the molecule is CCCC1=NN(c2ccc(Br)cc2)CC1. The molecule has 3 heteroatoms. The molecule has 0 amide bonds. The predicted molar refractivity (Wildman–Crippen MR) is 68.4 cm³/mol. The average molecular weight is 267 g/mol. The summed E-state index contributed by atoms with van der Waals surface area (Å²) in [5, 5.41) is 6.71. The summed E-state index contributed by atoms with van der Waals surface area (Å²) in [4.78, 5) is 0. The summed E-state index contributed by atoms with van der Waals surface area (Å²) in [5.41, 5.74) is 2.52. The molecule has 0 N–H and O–H groups in total. The Bertz CT molecular complexity index is 356. The van der Waals surface area contributed by atoms with Crippen molar-refractivity contribution in [3.8, 4) is 0 Å². The quantitative estimate of drug-likeness (QED) is 0.813. The van der Waals surface area contributed by atoms with Crippen molar-refractivity contribution in [2.75, 3.05) is 11.6 Å². The second kappa shape index (κ2) is 4.79. The van der Waals surface area contributed by atoms with Crippen molar-refractivity contribution in [3.63, 3.8) is 0 Å². The maximum atomic E-state index is 4.61. The molecule has 1 aliphatic heterocycles. The van der Waals surface area contributed by atoms with Crippen molar-refractivity contribution < 1.29 is 0 Å². The molecule has 2 nitrogen and oxygen atoms in total. The van der Waals surface area contributed by atoms with Gasteiger partial charge in [0.25, 0.3) is 0 Å². The summed E-state index contributed by atoms with van der Waals surface area (Å²) in [6.45, 7) is 3.22. The highest BCUT2D eigenvalue weighted by atomic mass is 79.9. The first-order valence-corrected chi connectivity index (χ1v) is 6.18. The second-order valence-electron chi connectivity index (χ2n) is 3.77. The van der Waals surface area contributed by atoms with Gasteiger partial charge in [0, 0.05) is 23.1 Å². The van der Waals surface area contributed by atoms with E-state index in [1.807, 2.05) is 0 Å². The highest BCUT2D eigenvalue weighted by Gasteiger charge is 2.14. The minimum Gasteiger partial charge on any atom is -0.265 e. The van der Waals surface area contributed by atoms with E-state index in [1.54, 1.807) is 0 Å². The average Bonchev–Trinajstić information content (AvgIpc) is 2.68. The molecule has 1 aromatic carbocycles. The summed E-state index contributed by atoms with van der Waals surface area (Å²) in [5.74, 6) is 0. The van der Waals surface area contributed by atoms with E-state index in [1.165, 1.54) is 17.8 Å². The summed E-state index contributed by atoms with van der Waals surface area (Å²) in [7, 11) is 0. The number of halogens is 1. The lowest BCUT2D eigenvalue weighted by atomic mass is 10.2. The van der Waals surface area contributed by atoms with Crippen molar-refractivity contribution >= 4 is 27.3 Å². The number of anilines is 1. The molecule has 0 saturated heterocycles. The van der Waals surface area contributed by atoms with Crippen LogP contribution in [0.15, 0.2) is 33.8 Å². The molecule has 2 rings (SSSR count). The Hall–Kier alpha value is -0.830. The molecular formula is C12H15BrN2. The fourth-order valence-corrected chi connectivity index (χ4v) is 2.03. The Labute approximate surface area is 99.1 Å². The van der Waals surface area contributed by atoms with Crippen molar-refractivity contribution in [2.24, 2.45) is 5.10 Å². The van der Waals surface area contributed by atoms with Crippen LogP contribution in [0.5, 0.6) is 0 Å². The summed E-state index contributed by atoms with van der Waals surface area (Å²) in [6.07, 6.45) is 3.43. The maximum Gasteiger partial charge on any atom is 0.0594 e. The Kier molecular flexibility index (Phi) is 3.41.